The molecule has 26 heavy (non-hydrogen) atoms. The zero-order chi connectivity index (χ0) is 18.4. The van der Waals surface area contributed by atoms with Crippen molar-refractivity contribution >= 4 is 17.5 Å². The molecule has 0 aliphatic carbocycles. The van der Waals surface area contributed by atoms with E-state index < -0.39 is 0 Å². The lowest BCUT2D eigenvalue weighted by Crippen LogP contribution is -2.29. The van der Waals surface area contributed by atoms with Gasteiger partial charge >= 0.3 is 0 Å². The first kappa shape index (κ1) is 18.2. The lowest BCUT2D eigenvalue weighted by atomic mass is 10.1. The van der Waals surface area contributed by atoms with Crippen LogP contribution in [0, 0.1) is 0 Å². The number of nitrogens with one attached hydrogen (secondary N) is 2. The smallest absolute Gasteiger partial charge is 0.220 e. The van der Waals surface area contributed by atoms with Gasteiger partial charge in [-0.15, -0.1) is 0 Å². The first-order chi connectivity index (χ1) is 12.7. The van der Waals surface area contributed by atoms with E-state index in [-0.39, 0.29) is 11.9 Å². The van der Waals surface area contributed by atoms with Crippen LogP contribution in [0.2, 0.25) is 5.02 Å². The van der Waals surface area contributed by atoms with Crippen LogP contribution in [-0.4, -0.2) is 15.9 Å². The highest BCUT2D eigenvalue weighted by Gasteiger charge is 2.16. The van der Waals surface area contributed by atoms with Crippen molar-refractivity contribution in [3.8, 4) is 11.3 Å². The zero-order valence-corrected chi connectivity index (χ0v) is 15.5. The predicted octanol–water partition coefficient (Wildman–Crippen LogP) is 4.93. The van der Waals surface area contributed by atoms with Gasteiger partial charge in [0.1, 0.15) is 5.82 Å². The van der Waals surface area contributed by atoms with Crippen molar-refractivity contribution in [2.24, 2.45) is 0 Å². The Labute approximate surface area is 158 Å². The van der Waals surface area contributed by atoms with E-state index in [1.165, 1.54) is 0 Å². The summed E-state index contributed by atoms with van der Waals surface area (Å²) in [5.74, 6) is 0.789. The molecule has 5 heteroatoms. The summed E-state index contributed by atoms with van der Waals surface area (Å²) in [7, 11) is 0. The van der Waals surface area contributed by atoms with Crippen molar-refractivity contribution in [1.82, 2.24) is 15.3 Å². The van der Waals surface area contributed by atoms with Crippen LogP contribution in [0.25, 0.3) is 11.3 Å². The Hall–Kier alpha value is -2.59. The van der Waals surface area contributed by atoms with Crippen LogP contribution in [0.1, 0.15) is 37.2 Å². The molecular weight excluding hydrogens is 346 g/mol. The highest BCUT2D eigenvalue weighted by atomic mass is 35.5. The zero-order valence-electron chi connectivity index (χ0n) is 14.7. The number of amides is 1. The molecule has 0 saturated heterocycles. The summed E-state index contributed by atoms with van der Waals surface area (Å²) in [6.45, 7) is 2.03. The van der Waals surface area contributed by atoms with Gasteiger partial charge in [-0.1, -0.05) is 61.0 Å². The fourth-order valence-corrected chi connectivity index (χ4v) is 3.07. The SMILES string of the molecule is CCC(NC(=O)CCc1cccc(Cl)c1)c1ncc(-c2ccccc2)[nH]1. The number of imidazole rings is 1. The molecule has 0 aliphatic rings. The first-order valence-corrected chi connectivity index (χ1v) is 9.17. The number of hydrogen-bond donors (Lipinski definition) is 2. The fraction of sp³-hybridized carbons (Fsp3) is 0.238. The van der Waals surface area contributed by atoms with Gasteiger partial charge < -0.3 is 10.3 Å². The van der Waals surface area contributed by atoms with Crippen LogP contribution in [0.4, 0.5) is 0 Å². The molecule has 0 fully saturated rings. The second-order valence-electron chi connectivity index (χ2n) is 6.21. The molecule has 4 nitrogen and oxygen atoms in total. The Bertz CT molecular complexity index is 860. The third-order valence-electron chi connectivity index (χ3n) is 4.28. The Morgan fingerprint density at radius 1 is 1.19 bits per heavy atom. The predicted molar refractivity (Wildman–Crippen MR) is 105 cm³/mol. The van der Waals surface area contributed by atoms with Crippen molar-refractivity contribution in [1.29, 1.82) is 0 Å². The number of aryl methyl sites for hydroxylation is 1. The topological polar surface area (TPSA) is 57.8 Å². The van der Waals surface area contributed by atoms with E-state index >= 15 is 0 Å². The minimum Gasteiger partial charge on any atom is -0.346 e. The Morgan fingerprint density at radius 3 is 2.73 bits per heavy atom. The van der Waals surface area contributed by atoms with E-state index in [0.29, 0.717) is 17.9 Å². The van der Waals surface area contributed by atoms with Crippen LogP contribution in [0.15, 0.2) is 60.8 Å². The van der Waals surface area contributed by atoms with Crippen LogP contribution in [0.3, 0.4) is 0 Å². The van der Waals surface area contributed by atoms with Crippen molar-refractivity contribution in [2.75, 3.05) is 0 Å². The summed E-state index contributed by atoms with van der Waals surface area (Å²) in [4.78, 5) is 20.1. The second kappa shape index (κ2) is 8.68. The molecular formula is C21H22ClN3O. The quantitative estimate of drug-likeness (QED) is 0.622. The maximum atomic E-state index is 12.3. The standard InChI is InChI=1S/C21H22ClN3O/c1-2-18(21-23-14-19(25-21)16-8-4-3-5-9-16)24-20(26)12-11-15-7-6-10-17(22)13-15/h3-10,13-14,18H,2,11-12H2,1H3,(H,23,25)(H,24,26). The molecule has 3 aromatic rings. The van der Waals surface area contributed by atoms with E-state index in [4.69, 9.17) is 11.6 Å². The van der Waals surface area contributed by atoms with Gasteiger partial charge in [-0.05, 0) is 36.1 Å². The maximum absolute atomic E-state index is 12.3. The molecule has 0 saturated carbocycles. The third-order valence-corrected chi connectivity index (χ3v) is 4.52. The summed E-state index contributed by atoms with van der Waals surface area (Å²) in [5.41, 5.74) is 3.09. The van der Waals surface area contributed by atoms with Crippen molar-refractivity contribution in [2.45, 2.75) is 32.2 Å². The van der Waals surface area contributed by atoms with Gasteiger partial charge in [0.25, 0.3) is 0 Å². The lowest BCUT2D eigenvalue weighted by Gasteiger charge is -2.15. The molecule has 1 aromatic heterocycles. The van der Waals surface area contributed by atoms with Gasteiger partial charge in [-0.3, -0.25) is 4.79 Å². The number of benzene rings is 2. The van der Waals surface area contributed by atoms with Crippen LogP contribution in [0.5, 0.6) is 0 Å². The highest BCUT2D eigenvalue weighted by molar-refractivity contribution is 6.30. The molecule has 3 rings (SSSR count). The first-order valence-electron chi connectivity index (χ1n) is 8.80. The lowest BCUT2D eigenvalue weighted by molar-refractivity contribution is -0.121. The van der Waals surface area contributed by atoms with E-state index in [2.05, 4.69) is 15.3 Å². The summed E-state index contributed by atoms with van der Waals surface area (Å²) >= 11 is 5.99. The summed E-state index contributed by atoms with van der Waals surface area (Å²) in [5, 5.41) is 3.76. The van der Waals surface area contributed by atoms with Crippen LogP contribution in [-0.2, 0) is 11.2 Å². The maximum Gasteiger partial charge on any atom is 0.220 e. The number of H-pyrrole nitrogens is 1. The van der Waals surface area contributed by atoms with Crippen molar-refractivity contribution < 1.29 is 4.79 Å². The molecule has 1 unspecified atom stereocenters. The highest BCUT2D eigenvalue weighted by Crippen LogP contribution is 2.20. The van der Waals surface area contributed by atoms with Crippen molar-refractivity contribution in [3.63, 3.8) is 0 Å². The Morgan fingerprint density at radius 2 is 2.00 bits per heavy atom. The number of carbonyl (C=O) groups excluding carboxylic acids is 1. The molecule has 2 N–H and O–H groups in total. The minimum absolute atomic E-state index is 0.00878. The molecule has 1 amide bonds. The van der Waals surface area contributed by atoms with Gasteiger partial charge in [0, 0.05) is 11.4 Å². The molecule has 0 bridgehead atoms. The molecule has 2 aromatic carbocycles. The van der Waals surface area contributed by atoms with Gasteiger partial charge in [0.15, 0.2) is 0 Å². The monoisotopic (exact) mass is 367 g/mol. The van der Waals surface area contributed by atoms with Crippen LogP contribution >= 0.6 is 11.6 Å². The number of aromatic amines is 1. The number of carbonyl (C=O) groups is 1. The van der Waals surface area contributed by atoms with Gasteiger partial charge in [0.2, 0.25) is 5.91 Å². The Kier molecular flexibility index (Phi) is 6.08. The van der Waals surface area contributed by atoms with Gasteiger partial charge in [-0.2, -0.15) is 0 Å². The fourth-order valence-electron chi connectivity index (χ4n) is 2.86. The second-order valence-corrected chi connectivity index (χ2v) is 6.64. The minimum atomic E-state index is -0.126. The van der Waals surface area contributed by atoms with Gasteiger partial charge in [-0.25, -0.2) is 4.98 Å². The summed E-state index contributed by atoms with van der Waals surface area (Å²) < 4.78 is 0. The molecule has 1 atom stereocenters. The largest absolute Gasteiger partial charge is 0.346 e. The molecule has 0 aliphatic heterocycles. The average molecular weight is 368 g/mol. The number of aromatic nitrogens is 2. The molecule has 0 radical (unpaired) electrons. The number of rotatable bonds is 7. The molecule has 0 spiro atoms. The van der Waals surface area contributed by atoms with E-state index in [0.717, 1.165) is 29.1 Å². The molecule has 134 valence electrons. The number of nitrogens with zero attached hydrogens (tertiary/aromatic N) is 1. The van der Waals surface area contributed by atoms with Gasteiger partial charge in [0.05, 0.1) is 17.9 Å². The third kappa shape index (κ3) is 4.73. The van der Waals surface area contributed by atoms with E-state index in [1.54, 1.807) is 0 Å². The number of halogens is 1. The van der Waals surface area contributed by atoms with Crippen molar-refractivity contribution in [3.05, 3.63) is 77.2 Å². The average Bonchev–Trinajstić information content (AvgIpc) is 3.15. The number of hydrogen-bond acceptors (Lipinski definition) is 2. The van der Waals surface area contributed by atoms with E-state index in [9.17, 15) is 4.79 Å². The van der Waals surface area contributed by atoms with Crippen LogP contribution < -0.4 is 5.32 Å². The Balaban J connectivity index is 1.60. The summed E-state index contributed by atoms with van der Waals surface area (Å²) in [6.07, 6.45) is 3.66. The normalized spacial score (nSPS) is 11.9. The van der Waals surface area contributed by atoms with E-state index in [1.807, 2.05) is 67.7 Å². The molecule has 1 heterocycles. The summed E-state index contributed by atoms with van der Waals surface area (Å²) in [6, 6.07) is 17.5.